The van der Waals surface area contributed by atoms with Gasteiger partial charge in [0, 0.05) is 19.1 Å². The maximum absolute atomic E-state index is 12.9. The molecule has 1 aromatic carbocycles. The van der Waals surface area contributed by atoms with Crippen LogP contribution in [0.4, 0.5) is 9.18 Å². The average molecular weight is 494 g/mol. The van der Waals surface area contributed by atoms with Gasteiger partial charge >= 0.3 is 6.09 Å². The van der Waals surface area contributed by atoms with Crippen molar-refractivity contribution in [3.05, 3.63) is 30.1 Å². The lowest BCUT2D eigenvalue weighted by Gasteiger charge is -2.31. The second kappa shape index (κ2) is 11.8. The molecule has 1 heterocycles. The molecule has 0 bridgehead atoms. The van der Waals surface area contributed by atoms with E-state index in [1.807, 2.05) is 6.92 Å². The van der Waals surface area contributed by atoms with Gasteiger partial charge in [-0.3, -0.25) is 0 Å². The van der Waals surface area contributed by atoms with Crippen molar-refractivity contribution in [1.82, 2.24) is 10.2 Å². The molecule has 0 aliphatic carbocycles. The Morgan fingerprint density at radius 2 is 2.00 bits per heavy atom. The van der Waals surface area contributed by atoms with Gasteiger partial charge in [0.15, 0.2) is 5.96 Å². The van der Waals surface area contributed by atoms with Crippen LogP contribution in [0.15, 0.2) is 29.3 Å². The van der Waals surface area contributed by atoms with Crippen molar-refractivity contribution < 1.29 is 18.7 Å². The van der Waals surface area contributed by atoms with Crippen molar-refractivity contribution in [1.29, 1.82) is 0 Å². The molecule has 1 aromatic rings. The number of rotatable bonds is 6. The third-order valence-corrected chi connectivity index (χ3v) is 4.04. The molecule has 1 aliphatic heterocycles. The van der Waals surface area contributed by atoms with E-state index in [0.29, 0.717) is 38.0 Å². The topological polar surface area (TPSA) is 89.2 Å². The number of carbonyl (C=O) groups excluding carboxylic acids is 1. The summed E-state index contributed by atoms with van der Waals surface area (Å²) in [4.78, 5) is 17.7. The number of nitrogens with two attached hydrogens (primary N) is 1. The Morgan fingerprint density at radius 3 is 2.59 bits per heavy atom. The van der Waals surface area contributed by atoms with E-state index in [1.54, 1.807) is 24.0 Å². The van der Waals surface area contributed by atoms with Crippen LogP contribution in [-0.4, -0.2) is 55.3 Å². The molecule has 27 heavy (non-hydrogen) atoms. The normalized spacial score (nSPS) is 16.3. The summed E-state index contributed by atoms with van der Waals surface area (Å²) in [6.45, 7) is 5.70. The number of hydrogen-bond acceptors (Lipinski definition) is 4. The molecule has 3 N–H and O–H groups in total. The molecule has 2 rings (SSSR count). The van der Waals surface area contributed by atoms with Crippen molar-refractivity contribution in [3.8, 4) is 5.75 Å². The average Bonchev–Trinajstić information content (AvgIpc) is 2.63. The van der Waals surface area contributed by atoms with Gasteiger partial charge < -0.3 is 25.4 Å². The van der Waals surface area contributed by atoms with E-state index in [1.165, 1.54) is 12.1 Å². The highest BCUT2D eigenvalue weighted by atomic mass is 127. The maximum Gasteiger partial charge on any atom is 0.409 e. The summed E-state index contributed by atoms with van der Waals surface area (Å²) >= 11 is 0. The number of aliphatic imine (C=N–C) groups is 1. The molecule has 0 radical (unpaired) electrons. The Labute approximate surface area is 176 Å². The molecule has 0 aromatic heterocycles. The second-order valence-electron chi connectivity index (χ2n) is 6.21. The minimum Gasteiger partial charge on any atom is -0.489 e. The molecule has 1 unspecified atom stereocenters. The fraction of sp³-hybridized carbons (Fsp3) is 0.556. The molecule has 7 nitrogen and oxygen atoms in total. The Kier molecular flexibility index (Phi) is 10.2. The van der Waals surface area contributed by atoms with Gasteiger partial charge in [-0.05, 0) is 51.0 Å². The molecule has 1 saturated heterocycles. The van der Waals surface area contributed by atoms with E-state index in [4.69, 9.17) is 15.2 Å². The molecule has 1 fully saturated rings. The van der Waals surface area contributed by atoms with E-state index >= 15 is 0 Å². The third kappa shape index (κ3) is 8.19. The van der Waals surface area contributed by atoms with Gasteiger partial charge in [-0.2, -0.15) is 0 Å². The summed E-state index contributed by atoms with van der Waals surface area (Å²) in [7, 11) is 0. The number of amides is 1. The number of guanidine groups is 1. The van der Waals surface area contributed by atoms with Crippen LogP contribution < -0.4 is 15.8 Å². The number of ether oxygens (including phenoxy) is 2. The van der Waals surface area contributed by atoms with Gasteiger partial charge in [0.1, 0.15) is 17.7 Å². The highest BCUT2D eigenvalue weighted by Crippen LogP contribution is 2.13. The van der Waals surface area contributed by atoms with Crippen LogP contribution in [0, 0.1) is 5.82 Å². The summed E-state index contributed by atoms with van der Waals surface area (Å²) in [5.41, 5.74) is 5.94. The first-order valence-corrected chi connectivity index (χ1v) is 8.88. The predicted molar refractivity (Wildman–Crippen MR) is 113 cm³/mol. The molecule has 1 amide bonds. The van der Waals surface area contributed by atoms with Crippen LogP contribution >= 0.6 is 24.0 Å². The number of likely N-dealkylation sites (tertiary alicyclic amines) is 1. The van der Waals surface area contributed by atoms with Crippen LogP contribution in [0.2, 0.25) is 0 Å². The molecule has 152 valence electrons. The van der Waals surface area contributed by atoms with E-state index in [0.717, 1.165) is 12.8 Å². The number of halogens is 2. The van der Waals surface area contributed by atoms with E-state index in [9.17, 15) is 9.18 Å². The molecule has 0 saturated carbocycles. The molecule has 0 spiro atoms. The Balaban J connectivity index is 0.00000364. The van der Waals surface area contributed by atoms with Gasteiger partial charge in [-0.25, -0.2) is 14.2 Å². The van der Waals surface area contributed by atoms with Crippen molar-refractivity contribution >= 4 is 36.0 Å². The van der Waals surface area contributed by atoms with E-state index in [2.05, 4.69) is 10.3 Å². The SMILES string of the molecule is CCOC(=O)N1CCC(NC(N)=NCC(C)Oc2ccc(F)cc2)CC1.I. The van der Waals surface area contributed by atoms with Crippen LogP contribution in [-0.2, 0) is 4.74 Å². The lowest BCUT2D eigenvalue weighted by Crippen LogP contribution is -2.48. The summed E-state index contributed by atoms with van der Waals surface area (Å²) < 4.78 is 23.5. The highest BCUT2D eigenvalue weighted by molar-refractivity contribution is 14.0. The maximum atomic E-state index is 12.9. The van der Waals surface area contributed by atoms with E-state index < -0.39 is 0 Å². The zero-order chi connectivity index (χ0) is 18.9. The van der Waals surface area contributed by atoms with Crippen LogP contribution in [0.3, 0.4) is 0 Å². The molecular formula is C18H28FIN4O3. The fourth-order valence-electron chi connectivity index (χ4n) is 2.69. The van der Waals surface area contributed by atoms with Gasteiger partial charge in [0.05, 0.1) is 13.2 Å². The summed E-state index contributed by atoms with van der Waals surface area (Å²) in [6.07, 6.45) is 1.12. The summed E-state index contributed by atoms with van der Waals surface area (Å²) in [5, 5.41) is 3.18. The number of nitrogens with one attached hydrogen (secondary N) is 1. The molecular weight excluding hydrogens is 466 g/mol. The Bertz CT molecular complexity index is 607. The molecule has 1 aliphatic rings. The largest absolute Gasteiger partial charge is 0.489 e. The van der Waals surface area contributed by atoms with Gasteiger partial charge in [0.25, 0.3) is 0 Å². The summed E-state index contributed by atoms with van der Waals surface area (Å²) in [6, 6.07) is 6.04. The quantitative estimate of drug-likeness (QED) is 0.361. The minimum atomic E-state index is -0.300. The molecule has 1 atom stereocenters. The first kappa shape index (κ1) is 23.3. The van der Waals surface area contributed by atoms with Crippen LogP contribution in [0.1, 0.15) is 26.7 Å². The Morgan fingerprint density at radius 1 is 1.37 bits per heavy atom. The number of benzene rings is 1. The first-order chi connectivity index (χ1) is 12.5. The zero-order valence-electron chi connectivity index (χ0n) is 15.7. The van der Waals surface area contributed by atoms with Crippen LogP contribution in [0.5, 0.6) is 5.75 Å². The Hall–Kier alpha value is -1.78. The van der Waals surface area contributed by atoms with Crippen molar-refractivity contribution in [2.24, 2.45) is 10.7 Å². The fourth-order valence-corrected chi connectivity index (χ4v) is 2.69. The first-order valence-electron chi connectivity index (χ1n) is 8.88. The van der Waals surface area contributed by atoms with Gasteiger partial charge in [-0.1, -0.05) is 0 Å². The van der Waals surface area contributed by atoms with Crippen molar-refractivity contribution in [3.63, 3.8) is 0 Å². The smallest absolute Gasteiger partial charge is 0.409 e. The highest BCUT2D eigenvalue weighted by Gasteiger charge is 2.23. The lowest BCUT2D eigenvalue weighted by molar-refractivity contribution is 0.0963. The minimum absolute atomic E-state index is 0. The monoisotopic (exact) mass is 494 g/mol. The van der Waals surface area contributed by atoms with Crippen molar-refractivity contribution in [2.75, 3.05) is 26.2 Å². The standard InChI is InChI=1S/C18H27FN4O3.HI/c1-3-25-18(24)23-10-8-15(9-11-23)22-17(20)21-12-13(2)26-16-6-4-14(19)5-7-16;/h4-7,13,15H,3,8-12H2,1-2H3,(H3,20,21,22);1H. The van der Waals surface area contributed by atoms with Crippen molar-refractivity contribution in [2.45, 2.75) is 38.8 Å². The number of carbonyl (C=O) groups is 1. The number of hydrogen-bond donors (Lipinski definition) is 2. The molecule has 9 heteroatoms. The second-order valence-corrected chi connectivity index (χ2v) is 6.21. The van der Waals surface area contributed by atoms with E-state index in [-0.39, 0.29) is 48.0 Å². The van der Waals surface area contributed by atoms with Crippen LogP contribution in [0.25, 0.3) is 0 Å². The summed E-state index contributed by atoms with van der Waals surface area (Å²) in [5.74, 6) is 0.645. The lowest BCUT2D eigenvalue weighted by atomic mass is 10.1. The van der Waals surface area contributed by atoms with Gasteiger partial charge in [-0.15, -0.1) is 24.0 Å². The third-order valence-electron chi connectivity index (χ3n) is 4.04. The zero-order valence-corrected chi connectivity index (χ0v) is 18.0. The predicted octanol–water partition coefficient (Wildman–Crippen LogP) is 2.74. The number of nitrogens with zero attached hydrogens (tertiary/aromatic N) is 2. The number of piperidine rings is 1. The van der Waals surface area contributed by atoms with Gasteiger partial charge in [0.2, 0.25) is 0 Å².